The van der Waals surface area contributed by atoms with Crippen molar-refractivity contribution in [2.45, 2.75) is 6.54 Å². The third-order valence-corrected chi connectivity index (χ3v) is 3.79. The summed E-state index contributed by atoms with van der Waals surface area (Å²) < 4.78 is 11.6. The molecule has 3 rings (SSSR count). The van der Waals surface area contributed by atoms with Crippen LogP contribution in [-0.4, -0.2) is 40.4 Å². The van der Waals surface area contributed by atoms with Gasteiger partial charge >= 0.3 is 5.97 Å². The highest BCUT2D eigenvalue weighted by Crippen LogP contribution is 2.18. The number of ether oxygens (including phenoxy) is 2. The van der Waals surface area contributed by atoms with Gasteiger partial charge in [-0.05, 0) is 34.2 Å². The molecule has 0 spiro atoms. The van der Waals surface area contributed by atoms with E-state index < -0.39 is 5.97 Å². The second-order valence-electron chi connectivity index (χ2n) is 5.46. The molecule has 0 aliphatic carbocycles. The van der Waals surface area contributed by atoms with Crippen molar-refractivity contribution in [2.75, 3.05) is 14.2 Å². The fourth-order valence-electron chi connectivity index (χ4n) is 2.47. The van der Waals surface area contributed by atoms with Gasteiger partial charge in [0.25, 0.3) is 0 Å². The average Bonchev–Trinajstić information content (AvgIpc) is 3.16. The smallest absolute Gasteiger partial charge is 0.335 e. The van der Waals surface area contributed by atoms with E-state index in [1.54, 1.807) is 17.9 Å². The molecule has 26 heavy (non-hydrogen) atoms. The maximum Gasteiger partial charge on any atom is 0.335 e. The molecular weight excluding hydrogens is 332 g/mol. The number of aromatic nitrogens is 4. The Kier molecular flexibility index (Phi) is 5.38. The van der Waals surface area contributed by atoms with Crippen LogP contribution in [0.25, 0.3) is 17.5 Å². The fraction of sp³-hybridized carbons (Fsp3) is 0.158. The third-order valence-electron chi connectivity index (χ3n) is 3.79. The van der Waals surface area contributed by atoms with Crippen molar-refractivity contribution in [2.24, 2.45) is 0 Å². The van der Waals surface area contributed by atoms with Gasteiger partial charge in [0.2, 0.25) is 0 Å². The van der Waals surface area contributed by atoms with Crippen molar-refractivity contribution in [3.8, 4) is 17.1 Å². The Morgan fingerprint density at radius 1 is 1.08 bits per heavy atom. The van der Waals surface area contributed by atoms with Crippen molar-refractivity contribution in [3.05, 3.63) is 65.7 Å². The van der Waals surface area contributed by atoms with Gasteiger partial charge in [-0.1, -0.05) is 42.5 Å². The van der Waals surface area contributed by atoms with Gasteiger partial charge in [0, 0.05) is 5.56 Å². The van der Waals surface area contributed by atoms with Gasteiger partial charge in [0.15, 0.2) is 5.82 Å². The molecule has 7 heteroatoms. The van der Waals surface area contributed by atoms with Crippen molar-refractivity contribution >= 4 is 12.0 Å². The Hall–Kier alpha value is -3.48. The molecule has 0 unspecified atom stereocenters. The summed E-state index contributed by atoms with van der Waals surface area (Å²) in [5.41, 5.74) is 2.15. The molecule has 1 aromatic heterocycles. The summed E-state index contributed by atoms with van der Waals surface area (Å²) in [7, 11) is 2.95. The lowest BCUT2D eigenvalue weighted by Gasteiger charge is -2.08. The lowest BCUT2D eigenvalue weighted by molar-refractivity contribution is -0.136. The van der Waals surface area contributed by atoms with Gasteiger partial charge in [-0.2, -0.15) is 0 Å². The first-order chi connectivity index (χ1) is 12.7. The second kappa shape index (κ2) is 8.06. The molecule has 0 amide bonds. The van der Waals surface area contributed by atoms with Crippen LogP contribution in [0.4, 0.5) is 0 Å². The minimum absolute atomic E-state index is 0.190. The highest BCUT2D eigenvalue weighted by molar-refractivity contribution is 5.93. The number of methoxy groups -OCH3 is 2. The highest BCUT2D eigenvalue weighted by Gasteiger charge is 2.15. The van der Waals surface area contributed by atoms with Crippen molar-refractivity contribution in [3.63, 3.8) is 0 Å². The maximum absolute atomic E-state index is 12.2. The first kappa shape index (κ1) is 17.3. The second-order valence-corrected chi connectivity index (χ2v) is 5.46. The standard InChI is InChI=1S/C19H18N4O3/c1-25-17-10-8-14(9-11-17)12-16(19(24)26-2)13-23-18(20-21-22-23)15-6-4-3-5-7-15/h3-12H,13H2,1-2H3/b16-12+. The molecule has 2 aromatic carbocycles. The van der Waals surface area contributed by atoms with Gasteiger partial charge in [-0.15, -0.1) is 5.10 Å². The molecule has 0 saturated carbocycles. The molecule has 1 heterocycles. The van der Waals surface area contributed by atoms with Crippen molar-refractivity contribution in [1.82, 2.24) is 20.2 Å². The molecule has 0 bridgehead atoms. The first-order valence-electron chi connectivity index (χ1n) is 7.96. The Labute approximate surface area is 150 Å². The van der Waals surface area contributed by atoms with E-state index in [0.29, 0.717) is 11.4 Å². The Morgan fingerprint density at radius 3 is 2.46 bits per heavy atom. The number of benzene rings is 2. The van der Waals surface area contributed by atoms with Crippen LogP contribution in [0.3, 0.4) is 0 Å². The molecule has 0 fully saturated rings. The van der Waals surface area contributed by atoms with Crippen molar-refractivity contribution in [1.29, 1.82) is 0 Å². The number of hydrogen-bond acceptors (Lipinski definition) is 6. The topological polar surface area (TPSA) is 79.1 Å². The Morgan fingerprint density at radius 2 is 1.81 bits per heavy atom. The quantitative estimate of drug-likeness (QED) is 0.502. The van der Waals surface area contributed by atoms with E-state index >= 15 is 0 Å². The van der Waals surface area contributed by atoms with E-state index in [0.717, 1.165) is 16.9 Å². The van der Waals surface area contributed by atoms with E-state index in [1.807, 2.05) is 54.6 Å². The zero-order valence-electron chi connectivity index (χ0n) is 14.5. The lowest BCUT2D eigenvalue weighted by atomic mass is 10.1. The van der Waals surface area contributed by atoms with Crippen LogP contribution in [0, 0.1) is 0 Å². The number of hydrogen-bond donors (Lipinski definition) is 0. The van der Waals surface area contributed by atoms with E-state index in [9.17, 15) is 4.79 Å². The molecule has 0 atom stereocenters. The average molecular weight is 350 g/mol. The lowest BCUT2D eigenvalue weighted by Crippen LogP contribution is -2.13. The fourth-order valence-corrected chi connectivity index (χ4v) is 2.47. The molecule has 7 nitrogen and oxygen atoms in total. The predicted octanol–water partition coefficient (Wildman–Crippen LogP) is 2.61. The normalized spacial score (nSPS) is 11.2. The van der Waals surface area contributed by atoms with Crippen LogP contribution >= 0.6 is 0 Å². The zero-order chi connectivity index (χ0) is 18.4. The summed E-state index contributed by atoms with van der Waals surface area (Å²) in [6.45, 7) is 0.190. The third kappa shape index (κ3) is 3.94. The molecular formula is C19H18N4O3. The first-order valence-corrected chi connectivity index (χ1v) is 7.96. The summed E-state index contributed by atoms with van der Waals surface area (Å²) in [5.74, 6) is 0.888. The summed E-state index contributed by atoms with van der Waals surface area (Å²) in [6.07, 6.45) is 1.75. The van der Waals surface area contributed by atoms with Crippen LogP contribution in [0.5, 0.6) is 5.75 Å². The number of esters is 1. The van der Waals surface area contributed by atoms with Crippen LogP contribution in [0.15, 0.2) is 60.2 Å². The Balaban J connectivity index is 1.92. The number of rotatable bonds is 6. The molecule has 0 aliphatic heterocycles. The molecule has 3 aromatic rings. The number of nitrogens with zero attached hydrogens (tertiary/aromatic N) is 4. The minimum atomic E-state index is -0.435. The zero-order valence-corrected chi connectivity index (χ0v) is 14.5. The number of tetrazole rings is 1. The van der Waals surface area contributed by atoms with Crippen LogP contribution in [-0.2, 0) is 16.1 Å². The van der Waals surface area contributed by atoms with Crippen LogP contribution in [0.1, 0.15) is 5.56 Å². The van der Waals surface area contributed by atoms with Gasteiger partial charge in [0.05, 0.1) is 26.3 Å². The largest absolute Gasteiger partial charge is 0.497 e. The molecule has 132 valence electrons. The number of carbonyl (C=O) groups excluding carboxylic acids is 1. The monoisotopic (exact) mass is 350 g/mol. The maximum atomic E-state index is 12.2. The molecule has 0 N–H and O–H groups in total. The van der Waals surface area contributed by atoms with Crippen LogP contribution in [0.2, 0.25) is 0 Å². The predicted molar refractivity (Wildman–Crippen MR) is 96.2 cm³/mol. The SMILES string of the molecule is COC(=O)/C(=C/c1ccc(OC)cc1)Cn1nnnc1-c1ccccc1. The molecule has 0 radical (unpaired) electrons. The molecule has 0 saturated heterocycles. The number of carbonyl (C=O) groups is 1. The summed E-state index contributed by atoms with van der Waals surface area (Å²) in [4.78, 5) is 12.2. The van der Waals surface area contributed by atoms with Gasteiger partial charge in [-0.25, -0.2) is 9.48 Å². The summed E-state index contributed by atoms with van der Waals surface area (Å²) in [5, 5.41) is 11.8. The van der Waals surface area contributed by atoms with E-state index in [1.165, 1.54) is 7.11 Å². The van der Waals surface area contributed by atoms with Crippen LogP contribution < -0.4 is 4.74 Å². The van der Waals surface area contributed by atoms with E-state index in [4.69, 9.17) is 9.47 Å². The highest BCUT2D eigenvalue weighted by atomic mass is 16.5. The summed E-state index contributed by atoms with van der Waals surface area (Å²) in [6, 6.07) is 16.9. The summed E-state index contributed by atoms with van der Waals surface area (Å²) >= 11 is 0. The van der Waals surface area contributed by atoms with Gasteiger partial charge in [0.1, 0.15) is 5.75 Å². The Bertz CT molecular complexity index is 902. The van der Waals surface area contributed by atoms with Gasteiger partial charge in [-0.3, -0.25) is 0 Å². The van der Waals surface area contributed by atoms with E-state index in [-0.39, 0.29) is 6.54 Å². The van der Waals surface area contributed by atoms with E-state index in [2.05, 4.69) is 15.5 Å². The minimum Gasteiger partial charge on any atom is -0.497 e. The van der Waals surface area contributed by atoms with Gasteiger partial charge < -0.3 is 9.47 Å². The van der Waals surface area contributed by atoms with Crippen molar-refractivity contribution < 1.29 is 14.3 Å². The molecule has 0 aliphatic rings.